The predicted octanol–water partition coefficient (Wildman–Crippen LogP) is 0.546. The average Bonchev–Trinajstić information content (AvgIpc) is 2.74. The third-order valence-electron chi connectivity index (χ3n) is 3.98. The molecule has 1 N–H and O–H groups in total. The number of nitrogens with zero attached hydrogens (tertiary/aromatic N) is 1. The van der Waals surface area contributed by atoms with Gasteiger partial charge in [0.15, 0.2) is 0 Å². The summed E-state index contributed by atoms with van der Waals surface area (Å²) in [6.07, 6.45) is 2.47. The summed E-state index contributed by atoms with van der Waals surface area (Å²) in [5, 5.41) is 9.55. The number of aliphatic hydroxyl groups is 1. The molecular formula is C11H15NO2. The van der Waals surface area contributed by atoms with Gasteiger partial charge in [-0.3, -0.25) is 4.79 Å². The van der Waals surface area contributed by atoms with Gasteiger partial charge in [0, 0.05) is 18.0 Å². The van der Waals surface area contributed by atoms with Crippen LogP contribution in [0.25, 0.3) is 0 Å². The Morgan fingerprint density at radius 2 is 2.43 bits per heavy atom. The van der Waals surface area contributed by atoms with E-state index in [9.17, 15) is 9.90 Å². The van der Waals surface area contributed by atoms with E-state index in [2.05, 4.69) is 6.58 Å². The summed E-state index contributed by atoms with van der Waals surface area (Å²) in [5.74, 6) is -1.09. The number of rotatable bonds is 1. The van der Waals surface area contributed by atoms with Crippen molar-refractivity contribution in [2.75, 3.05) is 13.1 Å². The maximum atomic E-state index is 12.1. The van der Waals surface area contributed by atoms with Crippen molar-refractivity contribution in [1.29, 1.82) is 0 Å². The van der Waals surface area contributed by atoms with Crippen LogP contribution in [0.1, 0.15) is 22.0 Å². The number of amides is 1. The maximum absolute atomic E-state index is 12.1. The van der Waals surface area contributed by atoms with E-state index in [1.807, 2.05) is 0 Å². The van der Waals surface area contributed by atoms with Gasteiger partial charge < -0.3 is 10.0 Å². The average molecular weight is 195 g/mol. The molecule has 0 aromatic heterocycles. The molecule has 1 amide bonds. The van der Waals surface area contributed by atoms with Crippen LogP contribution in [0.5, 0.6) is 0 Å². The number of hydrogen-bond donors (Lipinski definition) is 1. The van der Waals surface area contributed by atoms with Crippen molar-refractivity contribution in [2.24, 2.45) is 11.3 Å². The van der Waals surface area contributed by atoms with Crippen LogP contribution in [-0.2, 0) is 4.79 Å². The van der Waals surface area contributed by atoms with Gasteiger partial charge in [-0.2, -0.15) is 0 Å². The van der Waals surface area contributed by atoms with Crippen molar-refractivity contribution >= 4 is 5.91 Å². The van der Waals surface area contributed by atoms with Crippen LogP contribution >= 0.6 is 0 Å². The highest BCUT2D eigenvalue weighted by molar-refractivity contribution is 5.85. The van der Waals surface area contributed by atoms with Crippen molar-refractivity contribution in [3.8, 4) is 0 Å². The fourth-order valence-electron chi connectivity index (χ4n) is 3.10. The smallest absolute Gasteiger partial charge is 0.229 e. The summed E-state index contributed by atoms with van der Waals surface area (Å²) < 4.78 is 14.9. The fraction of sp³-hybridized carbons (Fsp3) is 0.727. The van der Waals surface area contributed by atoms with Gasteiger partial charge in [-0.05, 0) is 19.3 Å². The minimum atomic E-state index is -2.39. The first-order valence-corrected chi connectivity index (χ1v) is 5.06. The molecule has 3 nitrogen and oxygen atoms in total. The van der Waals surface area contributed by atoms with Crippen LogP contribution in [0.3, 0.4) is 0 Å². The number of fused-ring (bicyclic) bond motifs is 2. The SMILES string of the molecule is [2H]C([2H])(O)C1C(=O)N2CC(=C)CC2C12CC2. The summed E-state index contributed by atoms with van der Waals surface area (Å²) in [6, 6.07) is 0.0831. The normalized spacial score (nSPS) is 41.4. The Balaban J connectivity index is 2.01. The second-order valence-electron chi connectivity index (χ2n) is 4.73. The molecule has 1 saturated carbocycles. The molecule has 3 aliphatic rings. The molecule has 14 heavy (non-hydrogen) atoms. The first-order chi connectivity index (χ1) is 7.36. The standard InChI is InChI=1S/C11H15NO2/c1-7-4-9-11(2-3-11)8(6-13)10(14)12(9)5-7/h8-9,13H,1-6H2/i6D2. The quantitative estimate of drug-likeness (QED) is 0.621. The van der Waals surface area contributed by atoms with Crippen LogP contribution in [-0.4, -0.2) is 35.1 Å². The van der Waals surface area contributed by atoms with Crippen LogP contribution in [0.2, 0.25) is 0 Å². The van der Waals surface area contributed by atoms with Crippen LogP contribution in [0.4, 0.5) is 0 Å². The van der Waals surface area contributed by atoms with Gasteiger partial charge in [-0.25, -0.2) is 0 Å². The van der Waals surface area contributed by atoms with Gasteiger partial charge >= 0.3 is 0 Å². The third kappa shape index (κ3) is 0.793. The largest absolute Gasteiger partial charge is 0.396 e. The first-order valence-electron chi connectivity index (χ1n) is 6.06. The number of carbonyl (C=O) groups is 1. The topological polar surface area (TPSA) is 40.5 Å². The molecule has 0 aromatic rings. The summed E-state index contributed by atoms with van der Waals surface area (Å²) in [5.41, 5.74) is 0.732. The molecule has 2 heterocycles. The summed E-state index contributed by atoms with van der Waals surface area (Å²) in [4.78, 5) is 13.8. The molecule has 2 aliphatic heterocycles. The molecular weight excluding hydrogens is 178 g/mol. The van der Waals surface area contributed by atoms with E-state index in [0.29, 0.717) is 6.54 Å². The van der Waals surface area contributed by atoms with Crippen molar-refractivity contribution in [3.63, 3.8) is 0 Å². The molecule has 76 valence electrons. The number of hydrogen-bond acceptors (Lipinski definition) is 2. The molecule has 1 spiro atoms. The van der Waals surface area contributed by atoms with Gasteiger partial charge in [-0.1, -0.05) is 12.2 Å². The van der Waals surface area contributed by atoms with E-state index in [1.165, 1.54) is 0 Å². The molecule has 0 radical (unpaired) electrons. The van der Waals surface area contributed by atoms with Gasteiger partial charge in [0.2, 0.25) is 5.91 Å². The first kappa shape index (κ1) is 6.62. The Hall–Kier alpha value is -0.830. The molecule has 3 fully saturated rings. The lowest BCUT2D eigenvalue weighted by Gasteiger charge is -2.19. The summed E-state index contributed by atoms with van der Waals surface area (Å²) in [7, 11) is 0. The maximum Gasteiger partial charge on any atom is 0.229 e. The Bertz CT molecular complexity index is 384. The van der Waals surface area contributed by atoms with Crippen molar-refractivity contribution in [2.45, 2.75) is 25.3 Å². The van der Waals surface area contributed by atoms with E-state index in [1.54, 1.807) is 4.90 Å². The minimum absolute atomic E-state index is 0.0831. The zero-order chi connectivity index (χ0) is 11.7. The fourth-order valence-corrected chi connectivity index (χ4v) is 3.10. The van der Waals surface area contributed by atoms with Crippen LogP contribution < -0.4 is 0 Å². The second kappa shape index (κ2) is 2.40. The lowest BCUT2D eigenvalue weighted by molar-refractivity contribution is -0.132. The van der Waals surface area contributed by atoms with E-state index in [4.69, 9.17) is 2.74 Å². The molecule has 2 atom stereocenters. The zero-order valence-electron chi connectivity index (χ0n) is 9.99. The Morgan fingerprint density at radius 3 is 3.00 bits per heavy atom. The second-order valence-corrected chi connectivity index (χ2v) is 4.73. The van der Waals surface area contributed by atoms with E-state index < -0.39 is 12.5 Å². The van der Waals surface area contributed by atoms with Crippen molar-refractivity contribution in [3.05, 3.63) is 12.2 Å². The zero-order valence-corrected chi connectivity index (χ0v) is 7.99. The van der Waals surface area contributed by atoms with E-state index in [-0.39, 0.29) is 17.4 Å². The van der Waals surface area contributed by atoms with Gasteiger partial charge in [-0.15, -0.1) is 0 Å². The monoisotopic (exact) mass is 195 g/mol. The van der Waals surface area contributed by atoms with Gasteiger partial charge in [0.1, 0.15) is 0 Å². The Morgan fingerprint density at radius 1 is 1.71 bits per heavy atom. The summed E-state index contributed by atoms with van der Waals surface area (Å²) in [6.45, 7) is 2.05. The minimum Gasteiger partial charge on any atom is -0.396 e. The predicted molar refractivity (Wildman–Crippen MR) is 51.5 cm³/mol. The van der Waals surface area contributed by atoms with E-state index >= 15 is 0 Å². The van der Waals surface area contributed by atoms with Gasteiger partial charge in [0.25, 0.3) is 0 Å². The van der Waals surface area contributed by atoms with Crippen LogP contribution in [0, 0.1) is 11.3 Å². The molecule has 0 bridgehead atoms. The van der Waals surface area contributed by atoms with Crippen LogP contribution in [0.15, 0.2) is 12.2 Å². The molecule has 2 unspecified atom stereocenters. The molecule has 0 aromatic carbocycles. The van der Waals surface area contributed by atoms with E-state index in [0.717, 1.165) is 24.8 Å². The highest BCUT2D eigenvalue weighted by Crippen LogP contribution is 2.63. The molecule has 3 heteroatoms. The molecule has 2 saturated heterocycles. The Labute approximate surface area is 86.2 Å². The number of carbonyl (C=O) groups excluding carboxylic acids is 1. The molecule has 1 aliphatic carbocycles. The van der Waals surface area contributed by atoms with Crippen molar-refractivity contribution < 1.29 is 12.6 Å². The lowest BCUT2D eigenvalue weighted by atomic mass is 9.85. The highest BCUT2D eigenvalue weighted by Gasteiger charge is 2.66. The van der Waals surface area contributed by atoms with Crippen molar-refractivity contribution in [1.82, 2.24) is 4.90 Å². The third-order valence-corrected chi connectivity index (χ3v) is 3.98. The lowest BCUT2D eigenvalue weighted by Crippen LogP contribution is -2.29. The van der Waals surface area contributed by atoms with Gasteiger partial charge in [0.05, 0.1) is 15.2 Å². The Kier molecular flexibility index (Phi) is 1.13. The summed E-state index contributed by atoms with van der Waals surface area (Å²) >= 11 is 0. The highest BCUT2D eigenvalue weighted by atomic mass is 16.3. The molecule has 3 rings (SSSR count).